The number of aromatic nitrogens is 2. The van der Waals surface area contributed by atoms with Crippen LogP contribution in [0.25, 0.3) is 0 Å². The zero-order valence-electron chi connectivity index (χ0n) is 16.7. The number of hydrogen-bond acceptors (Lipinski definition) is 6. The lowest BCUT2D eigenvalue weighted by molar-refractivity contribution is 0.102. The van der Waals surface area contributed by atoms with Crippen LogP contribution in [-0.2, 0) is 6.42 Å². The lowest BCUT2D eigenvalue weighted by Gasteiger charge is -2.10. The van der Waals surface area contributed by atoms with Gasteiger partial charge in [-0.2, -0.15) is 0 Å². The first-order chi connectivity index (χ1) is 14.1. The van der Waals surface area contributed by atoms with Crippen molar-refractivity contribution in [2.24, 2.45) is 0 Å². The number of carbonyl (C=O) groups excluding carboxylic acids is 1. The predicted molar refractivity (Wildman–Crippen MR) is 113 cm³/mol. The van der Waals surface area contributed by atoms with Crippen molar-refractivity contribution in [3.63, 3.8) is 0 Å². The summed E-state index contributed by atoms with van der Waals surface area (Å²) in [7, 11) is 3.23. The Morgan fingerprint density at radius 3 is 2.45 bits per heavy atom. The molecule has 7 nitrogen and oxygen atoms in total. The second kappa shape index (κ2) is 9.54. The highest BCUT2D eigenvalue weighted by Crippen LogP contribution is 2.27. The van der Waals surface area contributed by atoms with Crippen molar-refractivity contribution in [3.05, 3.63) is 71.5 Å². The molecule has 0 radical (unpaired) electrons. The summed E-state index contributed by atoms with van der Waals surface area (Å²) in [4.78, 5) is 20.8. The van der Waals surface area contributed by atoms with E-state index in [1.807, 2.05) is 49.4 Å². The van der Waals surface area contributed by atoms with Crippen molar-refractivity contribution >= 4 is 17.5 Å². The van der Waals surface area contributed by atoms with Gasteiger partial charge in [0.15, 0.2) is 11.5 Å². The number of nitrogens with zero attached hydrogens (tertiary/aromatic N) is 2. The number of anilines is 2. The molecular formula is C22H24N4O3. The Morgan fingerprint density at radius 1 is 1.00 bits per heavy atom. The minimum Gasteiger partial charge on any atom is -0.493 e. The largest absolute Gasteiger partial charge is 0.493 e. The van der Waals surface area contributed by atoms with Gasteiger partial charge in [0, 0.05) is 24.6 Å². The minimum absolute atomic E-state index is 0.243. The van der Waals surface area contributed by atoms with Crippen LogP contribution in [0.15, 0.2) is 54.9 Å². The Kier molecular flexibility index (Phi) is 6.63. The van der Waals surface area contributed by atoms with E-state index in [9.17, 15) is 4.79 Å². The summed E-state index contributed by atoms with van der Waals surface area (Å²) in [5.74, 6) is 1.63. The number of nitrogens with one attached hydrogen (secondary N) is 2. The number of methoxy groups -OCH3 is 2. The molecule has 0 atom stereocenters. The molecule has 1 heterocycles. The Labute approximate surface area is 170 Å². The molecule has 0 aliphatic rings. The van der Waals surface area contributed by atoms with Gasteiger partial charge in [0.1, 0.15) is 0 Å². The maximum absolute atomic E-state index is 12.3. The molecule has 1 aromatic heterocycles. The van der Waals surface area contributed by atoms with Gasteiger partial charge in [0.2, 0.25) is 5.95 Å². The SMILES string of the molecule is COc1ccc(CCNc2ncc(C(=O)Nc3cccc(C)c3)cn2)cc1OC. The monoisotopic (exact) mass is 392 g/mol. The fraction of sp³-hybridized carbons (Fsp3) is 0.227. The van der Waals surface area contributed by atoms with E-state index >= 15 is 0 Å². The molecule has 0 fully saturated rings. The van der Waals surface area contributed by atoms with E-state index in [2.05, 4.69) is 20.6 Å². The summed E-state index contributed by atoms with van der Waals surface area (Å²) in [6, 6.07) is 13.4. The summed E-state index contributed by atoms with van der Waals surface area (Å²) in [6.45, 7) is 2.62. The third-order valence-corrected chi connectivity index (χ3v) is 4.33. The summed E-state index contributed by atoms with van der Waals surface area (Å²) in [5.41, 5.74) is 3.32. The molecule has 0 saturated carbocycles. The standard InChI is InChI=1S/C22H24N4O3/c1-15-5-4-6-18(11-15)26-21(27)17-13-24-22(25-14-17)23-10-9-16-7-8-19(28-2)20(12-16)29-3/h4-8,11-14H,9-10H2,1-3H3,(H,26,27)(H,23,24,25). The molecule has 0 bridgehead atoms. The third-order valence-electron chi connectivity index (χ3n) is 4.33. The molecule has 0 aliphatic carbocycles. The van der Waals surface area contributed by atoms with Gasteiger partial charge in [-0.15, -0.1) is 0 Å². The molecule has 0 saturated heterocycles. The molecule has 3 rings (SSSR count). The van der Waals surface area contributed by atoms with Gasteiger partial charge < -0.3 is 20.1 Å². The molecule has 1 amide bonds. The van der Waals surface area contributed by atoms with Crippen LogP contribution in [0.3, 0.4) is 0 Å². The van der Waals surface area contributed by atoms with Crippen LogP contribution in [0.4, 0.5) is 11.6 Å². The Hall–Kier alpha value is -3.61. The van der Waals surface area contributed by atoms with E-state index < -0.39 is 0 Å². The van der Waals surface area contributed by atoms with E-state index in [0.717, 1.165) is 23.2 Å². The molecule has 3 aromatic rings. The number of amides is 1. The third kappa shape index (κ3) is 5.44. The van der Waals surface area contributed by atoms with Crippen molar-refractivity contribution < 1.29 is 14.3 Å². The summed E-state index contributed by atoms with van der Waals surface area (Å²) in [6.07, 6.45) is 3.78. The van der Waals surface area contributed by atoms with E-state index in [1.54, 1.807) is 14.2 Å². The first-order valence-electron chi connectivity index (χ1n) is 9.24. The number of hydrogen-bond donors (Lipinski definition) is 2. The van der Waals surface area contributed by atoms with Crippen molar-refractivity contribution in [1.82, 2.24) is 9.97 Å². The molecule has 2 aromatic carbocycles. The molecule has 0 spiro atoms. The normalized spacial score (nSPS) is 10.3. The van der Waals surface area contributed by atoms with Crippen molar-refractivity contribution in [1.29, 1.82) is 0 Å². The van der Waals surface area contributed by atoms with Gasteiger partial charge in [-0.25, -0.2) is 9.97 Å². The summed E-state index contributed by atoms with van der Waals surface area (Å²) >= 11 is 0. The van der Waals surface area contributed by atoms with Crippen LogP contribution in [0.2, 0.25) is 0 Å². The molecule has 2 N–H and O–H groups in total. The zero-order valence-corrected chi connectivity index (χ0v) is 16.7. The average molecular weight is 392 g/mol. The Balaban J connectivity index is 1.53. The predicted octanol–water partition coefficient (Wildman–Crippen LogP) is 3.71. The van der Waals surface area contributed by atoms with Gasteiger partial charge in [-0.05, 0) is 48.7 Å². The lowest BCUT2D eigenvalue weighted by Crippen LogP contribution is -2.14. The van der Waals surface area contributed by atoms with E-state index in [1.165, 1.54) is 12.4 Å². The smallest absolute Gasteiger partial charge is 0.258 e. The topological polar surface area (TPSA) is 85.4 Å². The lowest BCUT2D eigenvalue weighted by atomic mass is 10.1. The molecule has 29 heavy (non-hydrogen) atoms. The molecule has 0 aliphatic heterocycles. The van der Waals surface area contributed by atoms with Gasteiger partial charge in [-0.1, -0.05) is 18.2 Å². The maximum atomic E-state index is 12.3. The second-order valence-electron chi connectivity index (χ2n) is 6.49. The van der Waals surface area contributed by atoms with E-state index in [0.29, 0.717) is 29.6 Å². The molecule has 0 unspecified atom stereocenters. The highest BCUT2D eigenvalue weighted by Gasteiger charge is 2.08. The van der Waals surface area contributed by atoms with Gasteiger partial charge in [0.25, 0.3) is 5.91 Å². The van der Waals surface area contributed by atoms with Gasteiger partial charge >= 0.3 is 0 Å². The van der Waals surface area contributed by atoms with Crippen LogP contribution in [0, 0.1) is 6.92 Å². The number of benzene rings is 2. The fourth-order valence-corrected chi connectivity index (χ4v) is 2.82. The fourth-order valence-electron chi connectivity index (χ4n) is 2.82. The number of carbonyl (C=O) groups is 1. The molecular weight excluding hydrogens is 368 g/mol. The van der Waals surface area contributed by atoms with Crippen molar-refractivity contribution in [3.8, 4) is 11.5 Å². The minimum atomic E-state index is -0.243. The second-order valence-corrected chi connectivity index (χ2v) is 6.49. The summed E-state index contributed by atoms with van der Waals surface area (Å²) < 4.78 is 10.6. The van der Waals surface area contributed by atoms with Crippen LogP contribution in [-0.4, -0.2) is 36.6 Å². The van der Waals surface area contributed by atoms with Crippen LogP contribution < -0.4 is 20.1 Å². The van der Waals surface area contributed by atoms with E-state index in [4.69, 9.17) is 9.47 Å². The highest BCUT2D eigenvalue weighted by molar-refractivity contribution is 6.03. The zero-order chi connectivity index (χ0) is 20.6. The summed E-state index contributed by atoms with van der Waals surface area (Å²) in [5, 5.41) is 6.00. The van der Waals surface area contributed by atoms with Crippen molar-refractivity contribution in [2.75, 3.05) is 31.4 Å². The van der Waals surface area contributed by atoms with Gasteiger partial charge in [-0.3, -0.25) is 4.79 Å². The Bertz CT molecular complexity index is 974. The molecule has 7 heteroatoms. The quantitative estimate of drug-likeness (QED) is 0.608. The number of ether oxygens (including phenoxy) is 2. The first kappa shape index (κ1) is 20.1. The Morgan fingerprint density at radius 2 is 1.76 bits per heavy atom. The average Bonchev–Trinajstić information content (AvgIpc) is 2.74. The molecule has 150 valence electrons. The number of rotatable bonds is 8. The van der Waals surface area contributed by atoms with Crippen molar-refractivity contribution in [2.45, 2.75) is 13.3 Å². The van der Waals surface area contributed by atoms with E-state index in [-0.39, 0.29) is 5.91 Å². The number of aryl methyl sites for hydroxylation is 1. The van der Waals surface area contributed by atoms with Gasteiger partial charge in [0.05, 0.1) is 19.8 Å². The van der Waals surface area contributed by atoms with Crippen LogP contribution in [0.1, 0.15) is 21.5 Å². The van der Waals surface area contributed by atoms with Crippen LogP contribution >= 0.6 is 0 Å². The maximum Gasteiger partial charge on any atom is 0.258 e. The highest BCUT2D eigenvalue weighted by atomic mass is 16.5. The van der Waals surface area contributed by atoms with Crippen LogP contribution in [0.5, 0.6) is 11.5 Å². The first-order valence-corrected chi connectivity index (χ1v) is 9.24.